The first-order valence-electron chi connectivity index (χ1n) is 4.78. The van der Waals surface area contributed by atoms with Gasteiger partial charge in [0.05, 0.1) is 0 Å². The summed E-state index contributed by atoms with van der Waals surface area (Å²) in [6.07, 6.45) is 1.03. The average Bonchev–Trinajstić information content (AvgIpc) is 2.15. The predicted octanol–water partition coefficient (Wildman–Crippen LogP) is -0.204. The summed E-state index contributed by atoms with van der Waals surface area (Å²) >= 11 is 0. The summed E-state index contributed by atoms with van der Waals surface area (Å²) in [5.41, 5.74) is 0. The molecule has 0 bridgehead atoms. The Hall–Kier alpha value is -0.920. The Kier molecular flexibility index (Phi) is 5.63. The third kappa shape index (κ3) is 4.30. The minimum atomic E-state index is -4.31. The Morgan fingerprint density at radius 1 is 1.50 bits per heavy atom. The summed E-state index contributed by atoms with van der Waals surface area (Å²) in [5.74, 6) is -0.521. The van der Waals surface area contributed by atoms with Gasteiger partial charge in [0.1, 0.15) is 0 Å². The van der Waals surface area contributed by atoms with E-state index in [4.69, 9.17) is 4.55 Å². The number of nitrogens with zero attached hydrogens (tertiary/aromatic N) is 2. The van der Waals surface area contributed by atoms with E-state index in [9.17, 15) is 13.2 Å². The van der Waals surface area contributed by atoms with Gasteiger partial charge in [-0.3, -0.25) is 9.35 Å². The molecule has 1 unspecified atom stereocenters. The number of carbonyl (C=O) groups is 1. The van der Waals surface area contributed by atoms with E-state index < -0.39 is 21.4 Å². The third-order valence-corrected chi connectivity index (χ3v) is 3.10. The second kappa shape index (κ2) is 5.97. The maximum Gasteiger partial charge on any atom is 0.287 e. The lowest BCUT2D eigenvalue weighted by Crippen LogP contribution is -2.49. The van der Waals surface area contributed by atoms with Gasteiger partial charge in [0, 0.05) is 13.1 Å². The van der Waals surface area contributed by atoms with E-state index in [-0.39, 0.29) is 13.1 Å². The molecule has 0 rings (SSSR count). The number of likely N-dealkylation sites (N-methyl/N-ethyl adjacent to an activating group) is 2. The molecule has 0 spiro atoms. The quantitative estimate of drug-likeness (QED) is 0.521. The topological polar surface area (TPSA) is 77.9 Å². The second-order valence-corrected chi connectivity index (χ2v) is 5.13. The van der Waals surface area contributed by atoms with Crippen LogP contribution in [-0.4, -0.2) is 61.2 Å². The van der Waals surface area contributed by atoms with Gasteiger partial charge >= 0.3 is 0 Å². The molecule has 0 aliphatic carbocycles. The molecule has 16 heavy (non-hydrogen) atoms. The molecule has 1 amide bonds. The van der Waals surface area contributed by atoms with Crippen molar-refractivity contribution in [2.24, 2.45) is 0 Å². The van der Waals surface area contributed by atoms with Crippen molar-refractivity contribution in [1.29, 1.82) is 0 Å². The Morgan fingerprint density at radius 3 is 2.25 bits per heavy atom. The SMILES string of the molecule is C=CC(=O)N(CC)C(CN(C)C)S(=O)(=O)O. The smallest absolute Gasteiger partial charge is 0.287 e. The maximum absolute atomic E-state index is 11.4. The number of hydrogen-bond donors (Lipinski definition) is 1. The second-order valence-electron chi connectivity index (χ2n) is 3.56. The lowest BCUT2D eigenvalue weighted by Gasteiger charge is -2.29. The number of rotatable bonds is 6. The summed E-state index contributed by atoms with van der Waals surface area (Å²) < 4.78 is 31.5. The van der Waals surface area contributed by atoms with Crippen molar-refractivity contribution >= 4 is 16.0 Å². The van der Waals surface area contributed by atoms with Crippen molar-refractivity contribution in [1.82, 2.24) is 9.80 Å². The Balaban J connectivity index is 5.14. The highest BCUT2D eigenvalue weighted by Crippen LogP contribution is 2.08. The molecule has 0 saturated heterocycles. The van der Waals surface area contributed by atoms with Gasteiger partial charge in [0.25, 0.3) is 10.1 Å². The lowest BCUT2D eigenvalue weighted by molar-refractivity contribution is -0.126. The molecule has 0 heterocycles. The maximum atomic E-state index is 11.4. The van der Waals surface area contributed by atoms with Gasteiger partial charge in [0.15, 0.2) is 5.37 Å². The van der Waals surface area contributed by atoms with E-state index in [1.54, 1.807) is 25.9 Å². The van der Waals surface area contributed by atoms with Crippen molar-refractivity contribution in [3.8, 4) is 0 Å². The van der Waals surface area contributed by atoms with E-state index in [0.717, 1.165) is 11.0 Å². The summed E-state index contributed by atoms with van der Waals surface area (Å²) in [4.78, 5) is 14.1. The minimum absolute atomic E-state index is 0.0340. The van der Waals surface area contributed by atoms with Crippen LogP contribution in [0.15, 0.2) is 12.7 Å². The van der Waals surface area contributed by atoms with E-state index in [2.05, 4.69) is 6.58 Å². The van der Waals surface area contributed by atoms with Crippen molar-refractivity contribution in [3.63, 3.8) is 0 Å². The number of carbonyl (C=O) groups excluding carboxylic acids is 1. The summed E-state index contributed by atoms with van der Waals surface area (Å²) in [7, 11) is -0.996. The van der Waals surface area contributed by atoms with Crippen LogP contribution in [0.1, 0.15) is 6.92 Å². The molecule has 0 aliphatic heterocycles. The van der Waals surface area contributed by atoms with Crippen LogP contribution >= 0.6 is 0 Å². The van der Waals surface area contributed by atoms with Crippen LogP contribution in [0.25, 0.3) is 0 Å². The van der Waals surface area contributed by atoms with Crippen LogP contribution in [0.2, 0.25) is 0 Å². The average molecular weight is 250 g/mol. The molecule has 6 nitrogen and oxygen atoms in total. The van der Waals surface area contributed by atoms with Crippen LogP contribution in [0.5, 0.6) is 0 Å². The van der Waals surface area contributed by atoms with E-state index in [1.165, 1.54) is 0 Å². The van der Waals surface area contributed by atoms with Gasteiger partial charge in [-0.05, 0) is 27.1 Å². The summed E-state index contributed by atoms with van der Waals surface area (Å²) in [6, 6.07) is 0. The zero-order chi connectivity index (χ0) is 12.9. The normalized spacial score (nSPS) is 13.6. The zero-order valence-corrected chi connectivity index (χ0v) is 10.6. The van der Waals surface area contributed by atoms with E-state index >= 15 is 0 Å². The number of amides is 1. The van der Waals surface area contributed by atoms with E-state index in [1.807, 2.05) is 0 Å². The Bertz CT molecular complexity index is 351. The Morgan fingerprint density at radius 2 is 2.00 bits per heavy atom. The standard InChI is InChI=1S/C9H18N2O4S/c1-5-8(12)11(6-2)9(7-10(3)4)16(13,14)15/h5,9H,1,6-7H2,2-4H3,(H,13,14,15). The molecule has 0 aromatic heterocycles. The molecular formula is C9H18N2O4S. The molecular weight excluding hydrogens is 232 g/mol. The molecule has 0 aromatic carbocycles. The fourth-order valence-electron chi connectivity index (χ4n) is 1.28. The first-order valence-corrected chi connectivity index (χ1v) is 6.28. The fraction of sp³-hybridized carbons (Fsp3) is 0.667. The molecule has 0 aromatic rings. The first kappa shape index (κ1) is 15.1. The highest BCUT2D eigenvalue weighted by molar-refractivity contribution is 7.86. The van der Waals surface area contributed by atoms with Crippen molar-refractivity contribution < 1.29 is 17.8 Å². The molecule has 94 valence electrons. The van der Waals surface area contributed by atoms with Crippen molar-refractivity contribution in [2.75, 3.05) is 27.2 Å². The fourth-order valence-corrected chi connectivity index (χ4v) is 2.35. The minimum Gasteiger partial charge on any atom is -0.319 e. The lowest BCUT2D eigenvalue weighted by atomic mass is 10.4. The third-order valence-electron chi connectivity index (χ3n) is 2.01. The highest BCUT2D eigenvalue weighted by atomic mass is 32.2. The molecule has 7 heteroatoms. The van der Waals surface area contributed by atoms with Gasteiger partial charge in [-0.15, -0.1) is 0 Å². The predicted molar refractivity (Wildman–Crippen MR) is 61.5 cm³/mol. The van der Waals surface area contributed by atoms with E-state index in [0.29, 0.717) is 0 Å². The van der Waals surface area contributed by atoms with Crippen molar-refractivity contribution in [2.45, 2.75) is 12.3 Å². The summed E-state index contributed by atoms with van der Waals surface area (Å²) in [6.45, 7) is 5.14. The zero-order valence-electron chi connectivity index (χ0n) is 9.75. The van der Waals surface area contributed by atoms with Crippen molar-refractivity contribution in [3.05, 3.63) is 12.7 Å². The monoisotopic (exact) mass is 250 g/mol. The van der Waals surface area contributed by atoms with Crippen LogP contribution < -0.4 is 0 Å². The molecule has 1 atom stereocenters. The Labute approximate surface area is 96.3 Å². The van der Waals surface area contributed by atoms with Crippen LogP contribution in [0.3, 0.4) is 0 Å². The van der Waals surface area contributed by atoms with Gasteiger partial charge in [-0.1, -0.05) is 6.58 Å². The van der Waals surface area contributed by atoms with Crippen LogP contribution in [0.4, 0.5) is 0 Å². The molecule has 0 fully saturated rings. The molecule has 1 N–H and O–H groups in total. The van der Waals surface area contributed by atoms with Gasteiger partial charge in [0.2, 0.25) is 5.91 Å². The number of hydrogen-bond acceptors (Lipinski definition) is 4. The van der Waals surface area contributed by atoms with Gasteiger partial charge in [-0.2, -0.15) is 8.42 Å². The highest BCUT2D eigenvalue weighted by Gasteiger charge is 2.31. The molecule has 0 radical (unpaired) electrons. The van der Waals surface area contributed by atoms with Crippen LogP contribution in [-0.2, 0) is 14.9 Å². The first-order chi connectivity index (χ1) is 7.23. The van der Waals surface area contributed by atoms with Gasteiger partial charge in [-0.25, -0.2) is 0 Å². The van der Waals surface area contributed by atoms with Gasteiger partial charge < -0.3 is 9.80 Å². The van der Waals surface area contributed by atoms with Crippen LogP contribution in [0, 0.1) is 0 Å². The summed E-state index contributed by atoms with van der Waals surface area (Å²) in [5, 5.41) is -1.27. The molecule has 0 saturated carbocycles. The largest absolute Gasteiger partial charge is 0.319 e. The molecule has 0 aliphatic rings.